The molecule has 1 aromatic heterocycles. The van der Waals surface area contributed by atoms with Gasteiger partial charge in [0, 0.05) is 11.3 Å². The van der Waals surface area contributed by atoms with Gasteiger partial charge in [0.05, 0.1) is 5.56 Å². The highest BCUT2D eigenvalue weighted by Gasteiger charge is 2.19. The molecule has 22 heavy (non-hydrogen) atoms. The number of carbonyl (C=O) groups excluding carboxylic acids is 1. The maximum atomic E-state index is 12.3. The minimum Gasteiger partial charge on any atom is -0.294 e. The number of carbonyl (C=O) groups is 1. The van der Waals surface area contributed by atoms with Crippen molar-refractivity contribution in [1.82, 2.24) is 0 Å². The van der Waals surface area contributed by atoms with Crippen molar-refractivity contribution in [3.63, 3.8) is 0 Å². The summed E-state index contributed by atoms with van der Waals surface area (Å²) in [6.45, 7) is 2.24. The second-order valence-corrected chi connectivity index (χ2v) is 6.44. The number of ketones is 1. The van der Waals surface area contributed by atoms with Gasteiger partial charge in [0.2, 0.25) is 11.2 Å². The molecule has 4 heteroatoms. The van der Waals surface area contributed by atoms with Crippen LogP contribution in [0.15, 0.2) is 26.2 Å². The van der Waals surface area contributed by atoms with Gasteiger partial charge < -0.3 is 0 Å². The lowest BCUT2D eigenvalue weighted by atomic mass is 10.0. The highest BCUT2D eigenvalue weighted by Crippen LogP contribution is 2.29. The molecule has 0 spiro atoms. The maximum absolute atomic E-state index is 12.3. The van der Waals surface area contributed by atoms with Crippen molar-refractivity contribution in [1.29, 1.82) is 0 Å². The summed E-state index contributed by atoms with van der Waals surface area (Å²) in [4.78, 5) is 13.0. The number of unbranched alkanes of at least 4 members (excludes halogenated alkanes) is 8. The van der Waals surface area contributed by atoms with Crippen molar-refractivity contribution >= 4 is 29.6 Å². The first-order chi connectivity index (χ1) is 10.7. The Kier molecular flexibility index (Phi) is 7.10. The lowest BCUT2D eigenvalue weighted by Gasteiger charge is -2.07. The van der Waals surface area contributed by atoms with E-state index in [1.54, 1.807) is 12.1 Å². The standard InChI is InChI=1S/C18H26O3S/c1-2-3-4-5-6-7-8-9-10-11-14(19)17-16(22)13-12-15-18(17)21-20-15/h12-13,22H,2-11H2,1H3. The van der Waals surface area contributed by atoms with Gasteiger partial charge in [-0.15, -0.1) is 12.6 Å². The molecule has 1 heterocycles. The topological polar surface area (TPSA) is 43.4 Å². The quantitative estimate of drug-likeness (QED) is 0.225. The Balaban J connectivity index is 1.64. The van der Waals surface area contributed by atoms with Crippen LogP contribution in [-0.4, -0.2) is 5.78 Å². The largest absolute Gasteiger partial charge is 0.294 e. The summed E-state index contributed by atoms with van der Waals surface area (Å²) < 4.78 is 9.76. The van der Waals surface area contributed by atoms with Crippen molar-refractivity contribution in [2.45, 2.75) is 76.0 Å². The number of rotatable bonds is 11. The van der Waals surface area contributed by atoms with Crippen LogP contribution >= 0.6 is 12.6 Å². The lowest BCUT2D eigenvalue weighted by molar-refractivity contribution is 0.0571. The van der Waals surface area contributed by atoms with E-state index >= 15 is 0 Å². The van der Waals surface area contributed by atoms with Gasteiger partial charge in [-0.25, -0.2) is 0 Å². The first kappa shape index (κ1) is 17.2. The number of thiol groups is 1. The summed E-state index contributed by atoms with van der Waals surface area (Å²) >= 11 is 4.35. The summed E-state index contributed by atoms with van der Waals surface area (Å²) in [5.74, 6) is 0.105. The lowest BCUT2D eigenvalue weighted by Crippen LogP contribution is -2.02. The van der Waals surface area contributed by atoms with E-state index in [-0.39, 0.29) is 5.78 Å². The van der Waals surface area contributed by atoms with Crippen LogP contribution in [0, 0.1) is 0 Å². The molecule has 0 aliphatic heterocycles. The predicted molar refractivity (Wildman–Crippen MR) is 91.9 cm³/mol. The molecule has 0 fully saturated rings. The summed E-state index contributed by atoms with van der Waals surface area (Å²) in [5, 5.41) is 0. The maximum Gasteiger partial charge on any atom is 0.237 e. The van der Waals surface area contributed by atoms with E-state index in [0.29, 0.717) is 28.0 Å². The summed E-state index contributed by atoms with van der Waals surface area (Å²) in [7, 11) is 0. The number of Topliss-reactive ketones (excluding diaryl/α,β-unsaturated/α-hetero) is 1. The van der Waals surface area contributed by atoms with Gasteiger partial charge in [-0.05, 0) is 18.6 Å². The minimum atomic E-state index is 0.105. The first-order valence-electron chi connectivity index (χ1n) is 8.47. The van der Waals surface area contributed by atoms with Crippen molar-refractivity contribution in [3.8, 4) is 0 Å². The van der Waals surface area contributed by atoms with E-state index in [2.05, 4.69) is 19.6 Å². The van der Waals surface area contributed by atoms with Crippen molar-refractivity contribution in [2.75, 3.05) is 0 Å². The predicted octanol–water partition coefficient (Wildman–Crippen LogP) is 6.42. The Morgan fingerprint density at radius 3 is 2.18 bits per heavy atom. The molecule has 2 aromatic rings. The smallest absolute Gasteiger partial charge is 0.237 e. The third kappa shape index (κ3) is 4.67. The van der Waals surface area contributed by atoms with Crippen LogP contribution in [-0.2, 0) is 0 Å². The van der Waals surface area contributed by atoms with Crippen LogP contribution in [0.3, 0.4) is 0 Å². The zero-order valence-electron chi connectivity index (χ0n) is 13.4. The van der Waals surface area contributed by atoms with Crippen LogP contribution in [0.25, 0.3) is 11.2 Å². The number of hydrogen-bond donors (Lipinski definition) is 1. The number of fused-ring (bicyclic) bond motifs is 1. The van der Waals surface area contributed by atoms with E-state index in [0.717, 1.165) is 12.8 Å². The van der Waals surface area contributed by atoms with Gasteiger partial charge >= 0.3 is 0 Å². The molecule has 0 saturated carbocycles. The Bertz CT molecular complexity index is 582. The third-order valence-corrected chi connectivity index (χ3v) is 4.47. The SMILES string of the molecule is CCCCCCCCCCCC(=O)c1c(S)ccc2ooc12. The van der Waals surface area contributed by atoms with Crippen LogP contribution in [0.5, 0.6) is 0 Å². The van der Waals surface area contributed by atoms with Crippen molar-refractivity contribution in [2.24, 2.45) is 0 Å². The Morgan fingerprint density at radius 1 is 0.955 bits per heavy atom. The van der Waals surface area contributed by atoms with E-state index < -0.39 is 0 Å². The normalized spacial score (nSPS) is 11.4. The molecule has 0 aliphatic rings. The highest BCUT2D eigenvalue weighted by molar-refractivity contribution is 7.80. The third-order valence-electron chi connectivity index (χ3n) is 4.10. The molecule has 0 radical (unpaired) electrons. The average molecular weight is 322 g/mol. The van der Waals surface area contributed by atoms with Crippen LogP contribution in [0.2, 0.25) is 0 Å². The molecule has 0 N–H and O–H groups in total. The molecular formula is C18H26O3S. The van der Waals surface area contributed by atoms with Gasteiger partial charge in [-0.3, -0.25) is 13.9 Å². The summed E-state index contributed by atoms with van der Waals surface area (Å²) in [6.07, 6.45) is 11.8. The molecule has 122 valence electrons. The second-order valence-electron chi connectivity index (χ2n) is 5.96. The zero-order valence-corrected chi connectivity index (χ0v) is 14.3. The van der Waals surface area contributed by atoms with Crippen LogP contribution in [0.4, 0.5) is 0 Å². The minimum absolute atomic E-state index is 0.105. The molecule has 3 nitrogen and oxygen atoms in total. The molecule has 0 aliphatic carbocycles. The fourth-order valence-electron chi connectivity index (χ4n) is 2.74. The average Bonchev–Trinajstić information content (AvgIpc) is 2.48. The van der Waals surface area contributed by atoms with Crippen LogP contribution < -0.4 is 0 Å². The van der Waals surface area contributed by atoms with Gasteiger partial charge in [-0.1, -0.05) is 58.3 Å². The van der Waals surface area contributed by atoms with Gasteiger partial charge in [0.1, 0.15) is 0 Å². The molecule has 0 unspecified atom stereocenters. The van der Waals surface area contributed by atoms with E-state index in [4.69, 9.17) is 9.15 Å². The number of hydrogen-bond acceptors (Lipinski definition) is 4. The molecule has 0 bridgehead atoms. The monoisotopic (exact) mass is 322 g/mol. The fourth-order valence-corrected chi connectivity index (χ4v) is 3.05. The first-order valence-corrected chi connectivity index (χ1v) is 8.92. The number of benzene rings is 1. The highest BCUT2D eigenvalue weighted by atomic mass is 32.1. The summed E-state index contributed by atoms with van der Waals surface area (Å²) in [5.41, 5.74) is 1.76. The Morgan fingerprint density at radius 2 is 1.59 bits per heavy atom. The van der Waals surface area contributed by atoms with Crippen molar-refractivity contribution < 1.29 is 13.9 Å². The fraction of sp³-hybridized carbons (Fsp3) is 0.611. The second kappa shape index (κ2) is 9.09. The molecule has 0 saturated heterocycles. The van der Waals surface area contributed by atoms with Gasteiger partial charge in [0.15, 0.2) is 5.78 Å². The van der Waals surface area contributed by atoms with Gasteiger partial charge in [-0.2, -0.15) is 0 Å². The van der Waals surface area contributed by atoms with E-state index in [1.807, 2.05) is 0 Å². The van der Waals surface area contributed by atoms with Gasteiger partial charge in [0.25, 0.3) is 0 Å². The molecule has 0 amide bonds. The Hall–Kier alpha value is -1.16. The zero-order chi connectivity index (χ0) is 15.8. The van der Waals surface area contributed by atoms with Crippen LogP contribution in [0.1, 0.15) is 81.5 Å². The molecule has 1 aromatic carbocycles. The van der Waals surface area contributed by atoms with E-state index in [9.17, 15) is 4.79 Å². The summed E-state index contributed by atoms with van der Waals surface area (Å²) in [6, 6.07) is 3.56. The van der Waals surface area contributed by atoms with E-state index in [1.165, 1.54) is 44.9 Å². The molecular weight excluding hydrogens is 296 g/mol. The molecule has 2 rings (SSSR count). The molecule has 0 atom stereocenters. The Labute approximate surface area is 137 Å². The van der Waals surface area contributed by atoms with Crippen molar-refractivity contribution in [3.05, 3.63) is 17.7 Å².